The van der Waals surface area contributed by atoms with Gasteiger partial charge in [-0.05, 0) is 39.8 Å². The summed E-state index contributed by atoms with van der Waals surface area (Å²) in [5.74, 6) is 0.348. The molecule has 1 amide bonds. The van der Waals surface area contributed by atoms with Gasteiger partial charge in [-0.25, -0.2) is 0 Å². The van der Waals surface area contributed by atoms with Crippen LogP contribution in [0, 0.1) is 5.92 Å². The Morgan fingerprint density at radius 1 is 1.29 bits per heavy atom. The quantitative estimate of drug-likeness (QED) is 0.632. The predicted octanol–water partition coefficient (Wildman–Crippen LogP) is 1.68. The first kappa shape index (κ1) is 25.9. The molecule has 130 valence electrons. The number of carbonyl (C=O) groups excluding carboxylic acids is 1. The zero-order valence-electron chi connectivity index (χ0n) is 13.9. The average molecular weight is 346 g/mol. The third-order valence-electron chi connectivity index (χ3n) is 2.87. The van der Waals surface area contributed by atoms with Gasteiger partial charge in [-0.3, -0.25) is 4.79 Å². The van der Waals surface area contributed by atoms with Crippen molar-refractivity contribution >= 4 is 30.7 Å². The summed E-state index contributed by atoms with van der Waals surface area (Å²) in [6.07, 6.45) is 1.67. The number of nitrogens with two attached hydrogens (primary N) is 1. The van der Waals surface area contributed by atoms with Crippen molar-refractivity contribution in [3.05, 3.63) is 0 Å². The molecule has 3 N–H and O–H groups in total. The van der Waals surface area contributed by atoms with Crippen LogP contribution in [0.5, 0.6) is 0 Å². The normalized spacial score (nSPS) is 13.3. The number of nitrogens with one attached hydrogen (secondary N) is 1. The minimum Gasteiger partial charge on any atom is -0.377 e. The summed E-state index contributed by atoms with van der Waals surface area (Å²) >= 11 is 0. The highest BCUT2D eigenvalue weighted by Gasteiger charge is 2.17. The molecule has 0 aliphatic rings. The standard InChI is InChI=1S/C14H31N3O2.2ClH/c1-6-19-12(7-8-17(4)5)10-16-14(18)13(15)9-11(2)3;;/h11-13H,6-10,15H2,1-5H3,(H,16,18);2*1H/t12?,13-;;/m0../s1. The van der Waals surface area contributed by atoms with E-state index in [-0.39, 0.29) is 36.8 Å². The summed E-state index contributed by atoms with van der Waals surface area (Å²) in [4.78, 5) is 13.9. The lowest BCUT2D eigenvalue weighted by atomic mass is 10.0. The molecule has 5 nitrogen and oxygen atoms in total. The number of halogens is 2. The summed E-state index contributed by atoms with van der Waals surface area (Å²) in [5, 5.41) is 2.89. The summed E-state index contributed by atoms with van der Waals surface area (Å²) < 4.78 is 5.62. The lowest BCUT2D eigenvalue weighted by Gasteiger charge is -2.21. The van der Waals surface area contributed by atoms with E-state index >= 15 is 0 Å². The maximum Gasteiger partial charge on any atom is 0.237 e. The van der Waals surface area contributed by atoms with Crippen LogP contribution in [0.25, 0.3) is 0 Å². The van der Waals surface area contributed by atoms with Crippen molar-refractivity contribution in [2.45, 2.75) is 45.8 Å². The minimum atomic E-state index is -0.420. The molecule has 0 rings (SSSR count). The van der Waals surface area contributed by atoms with Gasteiger partial charge >= 0.3 is 0 Å². The van der Waals surface area contributed by atoms with Crippen molar-refractivity contribution in [3.8, 4) is 0 Å². The van der Waals surface area contributed by atoms with E-state index < -0.39 is 6.04 Å². The van der Waals surface area contributed by atoms with Crippen LogP contribution >= 0.6 is 24.8 Å². The fourth-order valence-electron chi connectivity index (χ4n) is 1.84. The molecule has 1 unspecified atom stereocenters. The van der Waals surface area contributed by atoms with E-state index in [1.807, 2.05) is 21.0 Å². The van der Waals surface area contributed by atoms with E-state index in [2.05, 4.69) is 24.1 Å². The van der Waals surface area contributed by atoms with Crippen molar-refractivity contribution in [1.82, 2.24) is 10.2 Å². The van der Waals surface area contributed by atoms with Gasteiger partial charge < -0.3 is 20.7 Å². The number of amides is 1. The van der Waals surface area contributed by atoms with Crippen LogP contribution in [-0.2, 0) is 9.53 Å². The number of hydrogen-bond acceptors (Lipinski definition) is 4. The molecule has 0 bridgehead atoms. The van der Waals surface area contributed by atoms with Crippen LogP contribution in [0.2, 0.25) is 0 Å². The van der Waals surface area contributed by atoms with E-state index in [4.69, 9.17) is 10.5 Å². The van der Waals surface area contributed by atoms with Crippen LogP contribution < -0.4 is 11.1 Å². The first-order valence-corrected chi connectivity index (χ1v) is 7.16. The summed E-state index contributed by atoms with van der Waals surface area (Å²) in [7, 11) is 4.06. The summed E-state index contributed by atoms with van der Waals surface area (Å²) in [6.45, 7) is 8.23. The molecule has 0 spiro atoms. The van der Waals surface area contributed by atoms with Gasteiger partial charge in [0.05, 0.1) is 12.1 Å². The highest BCUT2D eigenvalue weighted by molar-refractivity contribution is 5.85. The Morgan fingerprint density at radius 3 is 2.29 bits per heavy atom. The molecule has 21 heavy (non-hydrogen) atoms. The van der Waals surface area contributed by atoms with Crippen molar-refractivity contribution in [2.75, 3.05) is 33.8 Å². The average Bonchev–Trinajstić information content (AvgIpc) is 2.31. The summed E-state index contributed by atoms with van der Waals surface area (Å²) in [6, 6.07) is -0.420. The van der Waals surface area contributed by atoms with E-state index in [0.29, 0.717) is 25.5 Å². The Hall–Kier alpha value is -0.0700. The fourth-order valence-corrected chi connectivity index (χ4v) is 1.84. The van der Waals surface area contributed by atoms with Crippen molar-refractivity contribution < 1.29 is 9.53 Å². The number of nitrogens with zero attached hydrogens (tertiary/aromatic N) is 1. The molecule has 0 fully saturated rings. The number of carbonyl (C=O) groups is 1. The second-order valence-corrected chi connectivity index (χ2v) is 5.65. The molecule has 0 aromatic carbocycles. The van der Waals surface area contributed by atoms with Gasteiger partial charge in [-0.1, -0.05) is 13.8 Å². The van der Waals surface area contributed by atoms with Crippen LogP contribution in [0.1, 0.15) is 33.6 Å². The molecule has 0 saturated carbocycles. The van der Waals surface area contributed by atoms with Gasteiger partial charge in [0.1, 0.15) is 0 Å². The van der Waals surface area contributed by atoms with Gasteiger partial charge in [0.25, 0.3) is 0 Å². The first-order chi connectivity index (χ1) is 8.86. The number of rotatable bonds is 10. The fraction of sp³-hybridized carbons (Fsp3) is 0.929. The van der Waals surface area contributed by atoms with Crippen molar-refractivity contribution in [3.63, 3.8) is 0 Å². The Balaban J connectivity index is -0.00000162. The van der Waals surface area contributed by atoms with Crippen molar-refractivity contribution in [1.29, 1.82) is 0 Å². The maximum absolute atomic E-state index is 11.8. The molecule has 0 aromatic heterocycles. The summed E-state index contributed by atoms with van der Waals surface area (Å²) in [5.41, 5.74) is 5.84. The SMILES string of the molecule is CCOC(CCN(C)C)CNC(=O)[C@@H](N)CC(C)C.Cl.Cl. The molecular formula is C14H33Cl2N3O2. The molecule has 0 aliphatic carbocycles. The second kappa shape index (κ2) is 14.9. The monoisotopic (exact) mass is 345 g/mol. The van der Waals surface area contributed by atoms with Crippen LogP contribution in [0.15, 0.2) is 0 Å². The Bertz CT molecular complexity index is 254. The molecule has 0 aromatic rings. The Labute approximate surface area is 142 Å². The topological polar surface area (TPSA) is 67.6 Å². The molecule has 0 radical (unpaired) electrons. The Kier molecular flexibility index (Phi) is 18.3. The van der Waals surface area contributed by atoms with Gasteiger partial charge in [0.2, 0.25) is 5.91 Å². The molecule has 0 heterocycles. The number of ether oxygens (including phenoxy) is 1. The second-order valence-electron chi connectivity index (χ2n) is 5.65. The minimum absolute atomic E-state index is 0. The van der Waals surface area contributed by atoms with Crippen LogP contribution in [0.4, 0.5) is 0 Å². The first-order valence-electron chi connectivity index (χ1n) is 7.16. The molecule has 0 saturated heterocycles. The molecule has 2 atom stereocenters. The lowest BCUT2D eigenvalue weighted by Crippen LogP contribution is -2.44. The maximum atomic E-state index is 11.8. The zero-order chi connectivity index (χ0) is 14.8. The zero-order valence-corrected chi connectivity index (χ0v) is 15.6. The molecule has 0 aliphatic heterocycles. The predicted molar refractivity (Wildman–Crippen MR) is 93.5 cm³/mol. The van der Waals surface area contributed by atoms with E-state index in [0.717, 1.165) is 13.0 Å². The largest absolute Gasteiger partial charge is 0.377 e. The van der Waals surface area contributed by atoms with E-state index in [9.17, 15) is 4.79 Å². The van der Waals surface area contributed by atoms with Crippen LogP contribution in [-0.4, -0.2) is 56.7 Å². The highest BCUT2D eigenvalue weighted by Crippen LogP contribution is 2.03. The lowest BCUT2D eigenvalue weighted by molar-refractivity contribution is -0.123. The van der Waals surface area contributed by atoms with Gasteiger partial charge in [-0.2, -0.15) is 0 Å². The molecular weight excluding hydrogens is 313 g/mol. The van der Waals surface area contributed by atoms with E-state index in [1.165, 1.54) is 0 Å². The van der Waals surface area contributed by atoms with Gasteiger partial charge in [0.15, 0.2) is 0 Å². The van der Waals surface area contributed by atoms with E-state index in [1.54, 1.807) is 0 Å². The third-order valence-corrected chi connectivity index (χ3v) is 2.87. The Morgan fingerprint density at radius 2 is 1.86 bits per heavy atom. The third kappa shape index (κ3) is 14.6. The molecule has 7 heteroatoms. The number of hydrogen-bond donors (Lipinski definition) is 2. The van der Waals surface area contributed by atoms with Crippen molar-refractivity contribution in [2.24, 2.45) is 11.7 Å². The highest BCUT2D eigenvalue weighted by atomic mass is 35.5. The van der Waals surface area contributed by atoms with Gasteiger partial charge in [-0.15, -0.1) is 24.8 Å². The van der Waals surface area contributed by atoms with Crippen LogP contribution in [0.3, 0.4) is 0 Å². The van der Waals surface area contributed by atoms with Gasteiger partial charge in [0, 0.05) is 19.7 Å². The smallest absolute Gasteiger partial charge is 0.237 e.